The van der Waals surface area contributed by atoms with Crippen LogP contribution < -0.4 is 0 Å². The van der Waals surface area contributed by atoms with Gasteiger partial charge >= 0.3 is 0 Å². The van der Waals surface area contributed by atoms with Crippen molar-refractivity contribution in [3.05, 3.63) is 29.6 Å². The summed E-state index contributed by atoms with van der Waals surface area (Å²) in [5.41, 5.74) is 3.68. The molecular weight excluding hydrogens is 184 g/mol. The molecule has 0 fully saturated rings. The van der Waals surface area contributed by atoms with E-state index in [4.69, 9.17) is 0 Å². The summed E-state index contributed by atoms with van der Waals surface area (Å²) >= 11 is 0. The zero-order valence-electron chi connectivity index (χ0n) is 10.3. The molecule has 2 nitrogen and oxygen atoms in total. The van der Waals surface area contributed by atoms with E-state index in [-0.39, 0.29) is 0 Å². The summed E-state index contributed by atoms with van der Waals surface area (Å²) in [6, 6.07) is 6.49. The van der Waals surface area contributed by atoms with Crippen molar-refractivity contribution in [1.29, 1.82) is 0 Å². The van der Waals surface area contributed by atoms with Crippen LogP contribution in [-0.4, -0.2) is 9.55 Å². The lowest BCUT2D eigenvalue weighted by Gasteiger charge is -1.97. The largest absolute Gasteiger partial charge is 0.331 e. The van der Waals surface area contributed by atoms with Crippen LogP contribution in [0.2, 0.25) is 0 Å². The normalized spacial score (nSPS) is 9.93. The molecule has 2 aromatic rings. The van der Waals surface area contributed by atoms with Crippen LogP contribution in [0.1, 0.15) is 32.2 Å². The fraction of sp³-hybridized carbons (Fsp3) is 0.462. The molecule has 82 valence electrons. The lowest BCUT2D eigenvalue weighted by molar-refractivity contribution is 0.886. The lowest BCUT2D eigenvalue weighted by Crippen LogP contribution is -1.89. The molecule has 1 heterocycles. The molecule has 0 bridgehead atoms. The van der Waals surface area contributed by atoms with Gasteiger partial charge in [-0.3, -0.25) is 0 Å². The highest BCUT2D eigenvalue weighted by molar-refractivity contribution is 5.76. The zero-order valence-corrected chi connectivity index (χ0v) is 10.3. The van der Waals surface area contributed by atoms with Gasteiger partial charge in [-0.05, 0) is 31.0 Å². The molecule has 2 rings (SSSR count). The average Bonchev–Trinajstić information content (AvgIpc) is 2.57. The minimum absolute atomic E-state index is 1.07. The van der Waals surface area contributed by atoms with Crippen LogP contribution in [0.4, 0.5) is 0 Å². The summed E-state index contributed by atoms with van der Waals surface area (Å²) in [6.45, 7) is 8.20. The Balaban J connectivity index is 0.000000531. The van der Waals surface area contributed by atoms with E-state index < -0.39 is 0 Å². The van der Waals surface area contributed by atoms with Gasteiger partial charge in [0.2, 0.25) is 0 Å². The number of rotatable bonds is 1. The quantitative estimate of drug-likeness (QED) is 0.695. The van der Waals surface area contributed by atoms with E-state index >= 15 is 0 Å². The van der Waals surface area contributed by atoms with Gasteiger partial charge in [0.15, 0.2) is 0 Å². The van der Waals surface area contributed by atoms with Crippen molar-refractivity contribution >= 4 is 11.0 Å². The van der Waals surface area contributed by atoms with Crippen LogP contribution in [0, 0.1) is 6.92 Å². The second-order valence-corrected chi connectivity index (χ2v) is 3.39. The van der Waals surface area contributed by atoms with Gasteiger partial charge in [0.1, 0.15) is 5.82 Å². The average molecular weight is 204 g/mol. The van der Waals surface area contributed by atoms with Crippen molar-refractivity contribution in [3.63, 3.8) is 0 Å². The molecule has 2 heteroatoms. The van der Waals surface area contributed by atoms with Crippen LogP contribution in [0.15, 0.2) is 18.2 Å². The number of benzene rings is 1. The summed E-state index contributed by atoms with van der Waals surface area (Å²) in [7, 11) is 2.05. The fourth-order valence-corrected chi connectivity index (χ4v) is 1.59. The Hall–Kier alpha value is -1.31. The molecule has 0 saturated carbocycles. The molecule has 0 atom stereocenters. The van der Waals surface area contributed by atoms with Crippen molar-refractivity contribution < 1.29 is 0 Å². The number of nitrogens with zero attached hydrogens (tertiary/aromatic N) is 2. The molecule has 1 aromatic heterocycles. The monoisotopic (exact) mass is 204 g/mol. The molecule has 0 aliphatic carbocycles. The minimum atomic E-state index is 1.07. The highest BCUT2D eigenvalue weighted by Gasteiger charge is 2.03. The molecule has 0 aliphatic heterocycles. The van der Waals surface area contributed by atoms with Crippen molar-refractivity contribution in [3.8, 4) is 0 Å². The smallest absolute Gasteiger partial charge is 0.106 e. The first-order chi connectivity index (χ1) is 7.22. The Morgan fingerprint density at radius 1 is 1.27 bits per heavy atom. The van der Waals surface area contributed by atoms with E-state index in [2.05, 4.69) is 41.7 Å². The maximum atomic E-state index is 4.48. The second-order valence-electron chi connectivity index (χ2n) is 3.39. The first-order valence-electron chi connectivity index (χ1n) is 5.64. The second kappa shape index (κ2) is 4.96. The van der Waals surface area contributed by atoms with E-state index in [9.17, 15) is 0 Å². The highest BCUT2D eigenvalue weighted by atomic mass is 15.0. The molecule has 15 heavy (non-hydrogen) atoms. The number of aryl methyl sites for hydroxylation is 3. The predicted molar refractivity (Wildman–Crippen MR) is 66.2 cm³/mol. The van der Waals surface area contributed by atoms with Crippen LogP contribution in [0.3, 0.4) is 0 Å². The van der Waals surface area contributed by atoms with Crippen molar-refractivity contribution in [2.24, 2.45) is 7.05 Å². The first kappa shape index (κ1) is 11.8. The molecule has 0 saturated heterocycles. The maximum Gasteiger partial charge on any atom is 0.106 e. The molecule has 1 aromatic carbocycles. The summed E-state index contributed by atoms with van der Waals surface area (Å²) in [5.74, 6) is 1.07. The highest BCUT2D eigenvalue weighted by Crippen LogP contribution is 2.16. The van der Waals surface area contributed by atoms with Crippen molar-refractivity contribution in [1.82, 2.24) is 9.55 Å². The van der Waals surface area contributed by atoms with Gasteiger partial charge in [0, 0.05) is 7.05 Å². The van der Waals surface area contributed by atoms with E-state index in [0.29, 0.717) is 0 Å². The van der Waals surface area contributed by atoms with Crippen LogP contribution >= 0.6 is 0 Å². The van der Waals surface area contributed by atoms with Crippen molar-refractivity contribution in [2.75, 3.05) is 0 Å². The molecule has 0 radical (unpaired) electrons. The Labute approximate surface area is 91.9 Å². The van der Waals surface area contributed by atoms with Crippen molar-refractivity contribution in [2.45, 2.75) is 34.1 Å². The Morgan fingerprint density at radius 2 is 1.93 bits per heavy atom. The van der Waals surface area contributed by atoms with Gasteiger partial charge in [-0.15, -0.1) is 0 Å². The number of aromatic nitrogens is 2. The van der Waals surface area contributed by atoms with E-state index in [0.717, 1.165) is 17.8 Å². The molecular formula is C13H20N2. The van der Waals surface area contributed by atoms with Gasteiger partial charge in [0.25, 0.3) is 0 Å². The number of fused-ring (bicyclic) bond motifs is 1. The van der Waals surface area contributed by atoms with Gasteiger partial charge in [0.05, 0.1) is 11.0 Å². The van der Waals surface area contributed by atoms with E-state index in [1.165, 1.54) is 11.1 Å². The molecule has 0 aliphatic rings. The standard InChI is InChI=1S/C11H14N2.C2H6/c1-4-9-5-6-11-10(7-9)12-8(2)13(11)3;1-2/h5-7H,4H2,1-3H3;1-2H3. The molecule has 0 unspecified atom stereocenters. The number of imidazole rings is 1. The summed E-state index contributed by atoms with van der Waals surface area (Å²) in [5, 5.41) is 0. The Bertz CT molecular complexity index is 441. The maximum absolute atomic E-state index is 4.48. The summed E-state index contributed by atoms with van der Waals surface area (Å²) in [4.78, 5) is 4.48. The number of hydrogen-bond donors (Lipinski definition) is 0. The third-order valence-electron chi connectivity index (χ3n) is 2.58. The van der Waals surface area contributed by atoms with Gasteiger partial charge in [-0.1, -0.05) is 26.8 Å². The summed E-state index contributed by atoms with van der Waals surface area (Å²) in [6.07, 6.45) is 1.07. The van der Waals surface area contributed by atoms with Crippen LogP contribution in [0.25, 0.3) is 11.0 Å². The topological polar surface area (TPSA) is 17.8 Å². The van der Waals surface area contributed by atoms with Gasteiger partial charge < -0.3 is 4.57 Å². The molecule has 0 amide bonds. The first-order valence-corrected chi connectivity index (χ1v) is 5.64. The van der Waals surface area contributed by atoms with Gasteiger partial charge in [-0.25, -0.2) is 4.98 Å². The van der Waals surface area contributed by atoms with Crippen LogP contribution in [0.5, 0.6) is 0 Å². The summed E-state index contributed by atoms with van der Waals surface area (Å²) < 4.78 is 2.12. The SMILES string of the molecule is CC.CCc1ccc2c(c1)nc(C)n2C. The molecule has 0 N–H and O–H groups in total. The minimum Gasteiger partial charge on any atom is -0.331 e. The van der Waals surface area contributed by atoms with E-state index in [1.54, 1.807) is 0 Å². The van der Waals surface area contributed by atoms with E-state index in [1.807, 2.05) is 20.8 Å². The lowest BCUT2D eigenvalue weighted by atomic mass is 10.1. The van der Waals surface area contributed by atoms with Crippen LogP contribution in [-0.2, 0) is 13.5 Å². The number of hydrogen-bond acceptors (Lipinski definition) is 1. The molecule has 0 spiro atoms. The zero-order chi connectivity index (χ0) is 11.4. The third-order valence-corrected chi connectivity index (χ3v) is 2.58. The predicted octanol–water partition coefficient (Wildman–Crippen LogP) is 3.47. The Morgan fingerprint density at radius 3 is 2.53 bits per heavy atom. The third kappa shape index (κ3) is 2.20. The fourth-order valence-electron chi connectivity index (χ4n) is 1.59. The van der Waals surface area contributed by atoms with Gasteiger partial charge in [-0.2, -0.15) is 0 Å². The Kier molecular flexibility index (Phi) is 3.89.